The summed E-state index contributed by atoms with van der Waals surface area (Å²) in [4.78, 5) is 4.31. The maximum absolute atomic E-state index is 5.96. The van der Waals surface area contributed by atoms with Gasteiger partial charge < -0.3 is 19.4 Å². The minimum atomic E-state index is -0.367. The third-order valence-corrected chi connectivity index (χ3v) is 3.71. The topological polar surface area (TPSA) is 52.6 Å². The van der Waals surface area contributed by atoms with Crippen LogP contribution in [0, 0.1) is 0 Å². The van der Waals surface area contributed by atoms with Gasteiger partial charge in [-0.1, -0.05) is 6.07 Å². The van der Waals surface area contributed by atoms with Crippen LogP contribution in [0.15, 0.2) is 18.3 Å². The van der Waals surface area contributed by atoms with Crippen molar-refractivity contribution in [2.45, 2.75) is 38.9 Å². The van der Waals surface area contributed by atoms with E-state index in [1.807, 2.05) is 39.8 Å². The van der Waals surface area contributed by atoms with E-state index in [1.165, 1.54) is 0 Å². The van der Waals surface area contributed by atoms with Crippen molar-refractivity contribution in [1.82, 2.24) is 4.98 Å². The van der Waals surface area contributed by atoms with Gasteiger partial charge in [0.25, 0.3) is 0 Å². The highest BCUT2D eigenvalue weighted by molar-refractivity contribution is 6.62. The summed E-state index contributed by atoms with van der Waals surface area (Å²) in [5, 5.41) is 3.03. The number of aromatic nitrogens is 1. The van der Waals surface area contributed by atoms with E-state index in [9.17, 15) is 0 Å². The molecule has 5 nitrogen and oxygen atoms in total. The molecule has 1 aliphatic heterocycles. The first-order valence-corrected chi connectivity index (χ1v) is 6.40. The number of hydrogen-bond donors (Lipinski definition) is 1. The van der Waals surface area contributed by atoms with Crippen LogP contribution < -0.4 is 10.8 Å². The molecule has 19 heavy (non-hydrogen) atoms. The highest BCUT2D eigenvalue weighted by Crippen LogP contribution is 2.36. The molecule has 6 heteroatoms. The Morgan fingerprint density at radius 2 is 1.84 bits per heavy atom. The molecule has 0 aliphatic carbocycles. The fourth-order valence-corrected chi connectivity index (χ4v) is 1.77. The van der Waals surface area contributed by atoms with Crippen molar-refractivity contribution in [2.75, 3.05) is 19.2 Å². The number of anilines is 1. The van der Waals surface area contributed by atoms with Crippen molar-refractivity contribution < 1.29 is 14.0 Å². The fourth-order valence-electron chi connectivity index (χ4n) is 1.77. The second kappa shape index (κ2) is 5.11. The summed E-state index contributed by atoms with van der Waals surface area (Å²) >= 11 is 0. The van der Waals surface area contributed by atoms with Crippen LogP contribution in [0.2, 0.25) is 0 Å². The zero-order chi connectivity index (χ0) is 14.1. The van der Waals surface area contributed by atoms with Gasteiger partial charge in [-0.2, -0.15) is 0 Å². The van der Waals surface area contributed by atoms with E-state index in [1.54, 1.807) is 13.3 Å². The largest absolute Gasteiger partial charge is 0.496 e. The van der Waals surface area contributed by atoms with E-state index in [0.717, 1.165) is 11.3 Å². The van der Waals surface area contributed by atoms with Gasteiger partial charge in [-0.15, -0.1) is 0 Å². The Labute approximate surface area is 114 Å². The van der Waals surface area contributed by atoms with E-state index >= 15 is 0 Å². The summed E-state index contributed by atoms with van der Waals surface area (Å²) < 4.78 is 16.9. The number of pyridine rings is 1. The lowest BCUT2D eigenvalue weighted by molar-refractivity contribution is 0.00578. The lowest BCUT2D eigenvalue weighted by Crippen LogP contribution is -2.41. The molecule has 0 unspecified atom stereocenters. The number of hydrogen-bond acceptors (Lipinski definition) is 5. The van der Waals surface area contributed by atoms with Crippen LogP contribution in [0.1, 0.15) is 27.7 Å². The van der Waals surface area contributed by atoms with Crippen LogP contribution in [0.25, 0.3) is 0 Å². The van der Waals surface area contributed by atoms with Crippen molar-refractivity contribution in [1.29, 1.82) is 0 Å². The molecule has 1 saturated heterocycles. The highest BCUT2D eigenvalue weighted by atomic mass is 16.7. The Kier molecular flexibility index (Phi) is 3.85. The van der Waals surface area contributed by atoms with Gasteiger partial charge in [0, 0.05) is 18.8 Å². The molecule has 2 heterocycles. The minimum absolute atomic E-state index is 0.329. The third kappa shape index (κ3) is 2.91. The quantitative estimate of drug-likeness (QED) is 0.658. The van der Waals surface area contributed by atoms with Crippen molar-refractivity contribution in [3.05, 3.63) is 18.3 Å². The second-order valence-electron chi connectivity index (χ2n) is 5.67. The number of methoxy groups -OCH3 is 1. The predicted molar refractivity (Wildman–Crippen MR) is 75.5 cm³/mol. The second-order valence-corrected chi connectivity index (χ2v) is 5.67. The van der Waals surface area contributed by atoms with Crippen LogP contribution in [0.3, 0.4) is 0 Å². The van der Waals surface area contributed by atoms with Gasteiger partial charge in [-0.3, -0.25) is 0 Å². The van der Waals surface area contributed by atoms with Crippen molar-refractivity contribution in [2.24, 2.45) is 0 Å². The van der Waals surface area contributed by atoms with Gasteiger partial charge >= 0.3 is 7.12 Å². The smallest absolute Gasteiger partial charge is 0.399 e. The summed E-state index contributed by atoms with van der Waals surface area (Å²) in [5.41, 5.74) is 0.261. The average Bonchev–Trinajstić information content (AvgIpc) is 2.56. The van der Waals surface area contributed by atoms with Crippen LogP contribution >= 0.6 is 0 Å². The first kappa shape index (κ1) is 14.3. The maximum atomic E-state index is 5.96. The highest BCUT2D eigenvalue weighted by Gasteiger charge is 2.51. The van der Waals surface area contributed by atoms with Crippen molar-refractivity contribution in [3.63, 3.8) is 0 Å². The molecule has 0 aromatic carbocycles. The Balaban J connectivity index is 2.08. The first-order valence-electron chi connectivity index (χ1n) is 6.40. The Morgan fingerprint density at radius 1 is 1.21 bits per heavy atom. The third-order valence-electron chi connectivity index (χ3n) is 3.71. The summed E-state index contributed by atoms with van der Waals surface area (Å²) in [5.74, 6) is 0.766. The SMILES string of the molecule is COCNc1ccc(B2OC(C)(C)C(C)(C)O2)cn1. The Bertz CT molecular complexity index is 418. The molecule has 1 aromatic rings. The number of rotatable bonds is 4. The zero-order valence-corrected chi connectivity index (χ0v) is 12.2. The van der Waals surface area contributed by atoms with E-state index in [4.69, 9.17) is 14.0 Å². The Hall–Kier alpha value is -1.11. The van der Waals surface area contributed by atoms with E-state index in [2.05, 4.69) is 10.3 Å². The molecule has 0 amide bonds. The van der Waals surface area contributed by atoms with Gasteiger partial charge in [-0.05, 0) is 33.8 Å². The molecule has 1 N–H and O–H groups in total. The molecular weight excluding hydrogens is 243 g/mol. The lowest BCUT2D eigenvalue weighted by atomic mass is 9.80. The minimum Gasteiger partial charge on any atom is -0.399 e. The van der Waals surface area contributed by atoms with Gasteiger partial charge in [0.2, 0.25) is 0 Å². The summed E-state index contributed by atoms with van der Waals surface area (Å²) in [6, 6.07) is 3.84. The van der Waals surface area contributed by atoms with Gasteiger partial charge in [0.15, 0.2) is 0 Å². The number of nitrogens with zero attached hydrogens (tertiary/aromatic N) is 1. The van der Waals surface area contributed by atoms with Gasteiger partial charge in [0.05, 0.1) is 11.2 Å². The normalized spacial score (nSPS) is 20.6. The predicted octanol–water partition coefficient (Wildman–Crippen LogP) is 1.40. The monoisotopic (exact) mass is 264 g/mol. The molecule has 0 radical (unpaired) electrons. The van der Waals surface area contributed by atoms with Crippen LogP contribution in [-0.2, 0) is 14.0 Å². The lowest BCUT2D eigenvalue weighted by Gasteiger charge is -2.32. The Morgan fingerprint density at radius 3 is 2.32 bits per heavy atom. The molecule has 104 valence electrons. The first-order chi connectivity index (χ1) is 8.86. The van der Waals surface area contributed by atoms with E-state index in [-0.39, 0.29) is 18.3 Å². The summed E-state index contributed by atoms with van der Waals surface area (Å²) in [7, 11) is 1.26. The summed E-state index contributed by atoms with van der Waals surface area (Å²) in [6.07, 6.45) is 1.76. The molecule has 1 aromatic heterocycles. The summed E-state index contributed by atoms with van der Waals surface area (Å²) in [6.45, 7) is 8.58. The van der Waals surface area contributed by atoms with Gasteiger partial charge in [-0.25, -0.2) is 4.98 Å². The molecule has 0 atom stereocenters. The van der Waals surface area contributed by atoms with Crippen molar-refractivity contribution >= 4 is 18.4 Å². The van der Waals surface area contributed by atoms with Gasteiger partial charge in [0.1, 0.15) is 12.5 Å². The molecule has 2 rings (SSSR count). The molecule has 1 fully saturated rings. The molecular formula is C13H21BN2O3. The molecule has 0 spiro atoms. The number of ether oxygens (including phenoxy) is 1. The van der Waals surface area contributed by atoms with Crippen LogP contribution in [0.4, 0.5) is 5.82 Å². The molecule has 0 bridgehead atoms. The standard InChI is InChI=1S/C13H21BN2O3/c1-12(2)13(3,4)19-14(18-12)10-6-7-11(15-8-10)16-9-17-5/h6-8H,9H2,1-5H3,(H,15,16). The average molecular weight is 264 g/mol. The number of nitrogens with one attached hydrogen (secondary N) is 1. The zero-order valence-electron chi connectivity index (χ0n) is 12.2. The van der Waals surface area contributed by atoms with Crippen LogP contribution in [-0.4, -0.2) is 37.1 Å². The van der Waals surface area contributed by atoms with Crippen LogP contribution in [0.5, 0.6) is 0 Å². The maximum Gasteiger partial charge on any atom is 0.496 e. The van der Waals surface area contributed by atoms with Crippen molar-refractivity contribution in [3.8, 4) is 0 Å². The molecule has 1 aliphatic rings. The fraction of sp³-hybridized carbons (Fsp3) is 0.615. The van der Waals surface area contributed by atoms with E-state index in [0.29, 0.717) is 6.73 Å². The van der Waals surface area contributed by atoms with E-state index < -0.39 is 0 Å². The molecule has 0 saturated carbocycles.